The topological polar surface area (TPSA) is 63.2 Å². The predicted octanol–water partition coefficient (Wildman–Crippen LogP) is 1.92. The van der Waals surface area contributed by atoms with Gasteiger partial charge in [0.15, 0.2) is 0 Å². The fourth-order valence-corrected chi connectivity index (χ4v) is 2.57. The first-order valence-corrected chi connectivity index (χ1v) is 8.37. The Labute approximate surface area is 116 Å². The number of halogens is 1. The Morgan fingerprint density at radius 3 is 2.67 bits per heavy atom. The first-order chi connectivity index (χ1) is 8.31. The van der Waals surface area contributed by atoms with Gasteiger partial charge < -0.3 is 5.32 Å². The van der Waals surface area contributed by atoms with E-state index < -0.39 is 9.84 Å². The van der Waals surface area contributed by atoms with E-state index >= 15 is 0 Å². The summed E-state index contributed by atoms with van der Waals surface area (Å²) in [4.78, 5) is 11.9. The van der Waals surface area contributed by atoms with Crippen molar-refractivity contribution < 1.29 is 13.2 Å². The summed E-state index contributed by atoms with van der Waals surface area (Å²) in [6.07, 6.45) is 1.61. The summed E-state index contributed by atoms with van der Waals surface area (Å²) in [6, 6.07) is 5.44. The van der Waals surface area contributed by atoms with Crippen LogP contribution in [-0.2, 0) is 9.84 Å². The van der Waals surface area contributed by atoms with Crippen molar-refractivity contribution >= 4 is 31.7 Å². The average Bonchev–Trinajstić information content (AvgIpc) is 2.26. The highest BCUT2D eigenvalue weighted by atomic mass is 79.9. The molecule has 0 spiro atoms. The number of hydrogen-bond donors (Lipinski definition) is 1. The second kappa shape index (κ2) is 6.33. The van der Waals surface area contributed by atoms with Crippen LogP contribution in [0.25, 0.3) is 0 Å². The van der Waals surface area contributed by atoms with Crippen molar-refractivity contribution in [2.24, 2.45) is 0 Å². The SMILES string of the molecule is Cc1cccc(C(=O)NCCCS(C)(=O)=O)c1Br. The molecule has 0 aliphatic carbocycles. The van der Waals surface area contributed by atoms with Crippen LogP contribution in [0.1, 0.15) is 22.3 Å². The zero-order chi connectivity index (χ0) is 13.8. The highest BCUT2D eigenvalue weighted by molar-refractivity contribution is 9.10. The number of benzene rings is 1. The molecule has 100 valence electrons. The summed E-state index contributed by atoms with van der Waals surface area (Å²) < 4.78 is 22.6. The van der Waals surface area contributed by atoms with E-state index in [0.29, 0.717) is 18.5 Å². The second-order valence-corrected chi connectivity index (χ2v) is 7.23. The number of sulfone groups is 1. The van der Waals surface area contributed by atoms with Gasteiger partial charge in [-0.1, -0.05) is 12.1 Å². The van der Waals surface area contributed by atoms with Gasteiger partial charge in [-0.05, 0) is 40.9 Å². The molecule has 6 heteroatoms. The lowest BCUT2D eigenvalue weighted by Gasteiger charge is -2.08. The van der Waals surface area contributed by atoms with Crippen LogP contribution >= 0.6 is 15.9 Å². The zero-order valence-electron chi connectivity index (χ0n) is 10.4. The zero-order valence-corrected chi connectivity index (χ0v) is 12.8. The Morgan fingerprint density at radius 1 is 1.39 bits per heavy atom. The number of aryl methyl sites for hydroxylation is 1. The summed E-state index contributed by atoms with van der Waals surface area (Å²) in [7, 11) is -2.96. The maximum absolute atomic E-state index is 11.9. The third-order valence-corrected chi connectivity index (χ3v) is 4.50. The van der Waals surface area contributed by atoms with Gasteiger partial charge in [-0.2, -0.15) is 0 Å². The minimum Gasteiger partial charge on any atom is -0.352 e. The van der Waals surface area contributed by atoms with Crippen molar-refractivity contribution in [3.05, 3.63) is 33.8 Å². The number of carbonyl (C=O) groups excluding carboxylic acids is 1. The minimum atomic E-state index is -2.96. The molecule has 1 amide bonds. The van der Waals surface area contributed by atoms with Crippen molar-refractivity contribution in [3.63, 3.8) is 0 Å². The van der Waals surface area contributed by atoms with Crippen molar-refractivity contribution in [1.82, 2.24) is 5.32 Å². The molecule has 0 aromatic heterocycles. The Morgan fingerprint density at radius 2 is 2.06 bits per heavy atom. The number of rotatable bonds is 5. The molecule has 4 nitrogen and oxygen atoms in total. The van der Waals surface area contributed by atoms with Gasteiger partial charge in [0, 0.05) is 17.3 Å². The van der Waals surface area contributed by atoms with Crippen molar-refractivity contribution in [3.8, 4) is 0 Å². The maximum Gasteiger partial charge on any atom is 0.252 e. The minimum absolute atomic E-state index is 0.0856. The van der Waals surface area contributed by atoms with E-state index in [1.165, 1.54) is 6.26 Å². The molecule has 0 saturated carbocycles. The Balaban J connectivity index is 2.54. The molecule has 0 aliphatic heterocycles. The molecule has 0 radical (unpaired) electrons. The average molecular weight is 334 g/mol. The lowest BCUT2D eigenvalue weighted by Crippen LogP contribution is -2.26. The van der Waals surface area contributed by atoms with E-state index in [0.717, 1.165) is 10.0 Å². The smallest absolute Gasteiger partial charge is 0.252 e. The summed E-state index contributed by atoms with van der Waals surface area (Å²) in [5.41, 5.74) is 1.55. The fraction of sp³-hybridized carbons (Fsp3) is 0.417. The highest BCUT2D eigenvalue weighted by Gasteiger charge is 2.10. The molecule has 0 bridgehead atoms. The van der Waals surface area contributed by atoms with Gasteiger partial charge in [-0.15, -0.1) is 0 Å². The molecule has 0 fully saturated rings. The first kappa shape index (κ1) is 15.2. The molecule has 0 heterocycles. The molecule has 0 saturated heterocycles. The van der Waals surface area contributed by atoms with Gasteiger partial charge in [0.1, 0.15) is 9.84 Å². The highest BCUT2D eigenvalue weighted by Crippen LogP contribution is 2.20. The number of amides is 1. The van der Waals surface area contributed by atoms with Gasteiger partial charge >= 0.3 is 0 Å². The Bertz CT molecular complexity index is 540. The molecule has 0 aliphatic rings. The summed E-state index contributed by atoms with van der Waals surface area (Å²) in [6.45, 7) is 2.26. The van der Waals surface area contributed by atoms with Crippen LogP contribution in [0.4, 0.5) is 0 Å². The fourth-order valence-electron chi connectivity index (χ4n) is 1.45. The predicted molar refractivity (Wildman–Crippen MR) is 75.5 cm³/mol. The standard InChI is InChI=1S/C12H16BrNO3S/c1-9-5-3-6-10(11(9)13)12(15)14-7-4-8-18(2,16)17/h3,5-6H,4,7-8H2,1-2H3,(H,14,15). The van der Waals surface area contributed by atoms with Gasteiger partial charge in [-0.3, -0.25) is 4.79 Å². The molecular formula is C12H16BrNO3S. The third kappa shape index (κ3) is 4.78. The number of carbonyl (C=O) groups is 1. The van der Waals surface area contributed by atoms with Gasteiger partial charge in [0.05, 0.1) is 11.3 Å². The van der Waals surface area contributed by atoms with Crippen LogP contribution in [0.15, 0.2) is 22.7 Å². The molecule has 1 N–H and O–H groups in total. The van der Waals surface area contributed by atoms with E-state index in [1.54, 1.807) is 6.07 Å². The number of nitrogens with one attached hydrogen (secondary N) is 1. The third-order valence-electron chi connectivity index (χ3n) is 2.41. The van der Waals surface area contributed by atoms with Crippen LogP contribution < -0.4 is 5.32 Å². The largest absolute Gasteiger partial charge is 0.352 e. The monoisotopic (exact) mass is 333 g/mol. The first-order valence-electron chi connectivity index (χ1n) is 5.52. The normalized spacial score (nSPS) is 11.3. The van der Waals surface area contributed by atoms with Crippen molar-refractivity contribution in [2.45, 2.75) is 13.3 Å². The van der Waals surface area contributed by atoms with Gasteiger partial charge in [0.25, 0.3) is 5.91 Å². The van der Waals surface area contributed by atoms with E-state index in [-0.39, 0.29) is 11.7 Å². The van der Waals surface area contributed by atoms with Crippen LogP contribution in [0.3, 0.4) is 0 Å². The molecule has 0 atom stereocenters. The van der Waals surface area contributed by atoms with E-state index in [1.807, 2.05) is 19.1 Å². The lowest BCUT2D eigenvalue weighted by atomic mass is 10.1. The molecule has 1 aromatic carbocycles. The lowest BCUT2D eigenvalue weighted by molar-refractivity contribution is 0.0953. The van der Waals surface area contributed by atoms with Crippen LogP contribution in [0.5, 0.6) is 0 Å². The molecule has 18 heavy (non-hydrogen) atoms. The summed E-state index contributed by atoms with van der Waals surface area (Å²) in [5.74, 6) is -0.110. The summed E-state index contributed by atoms with van der Waals surface area (Å²) >= 11 is 3.36. The molecule has 1 aromatic rings. The van der Waals surface area contributed by atoms with Crippen molar-refractivity contribution in [1.29, 1.82) is 0 Å². The summed E-state index contributed by atoms with van der Waals surface area (Å²) in [5, 5.41) is 2.71. The quantitative estimate of drug-likeness (QED) is 0.837. The van der Waals surface area contributed by atoms with Crippen LogP contribution in [0.2, 0.25) is 0 Å². The second-order valence-electron chi connectivity index (χ2n) is 4.18. The van der Waals surface area contributed by atoms with E-state index in [2.05, 4.69) is 21.2 Å². The van der Waals surface area contributed by atoms with Gasteiger partial charge in [-0.25, -0.2) is 8.42 Å². The van der Waals surface area contributed by atoms with Gasteiger partial charge in [0.2, 0.25) is 0 Å². The molecular weight excluding hydrogens is 318 g/mol. The van der Waals surface area contributed by atoms with Crippen LogP contribution in [-0.4, -0.2) is 32.9 Å². The Kier molecular flexibility index (Phi) is 5.34. The van der Waals surface area contributed by atoms with Crippen LogP contribution in [0, 0.1) is 6.92 Å². The Hall–Kier alpha value is -0.880. The molecule has 1 rings (SSSR count). The maximum atomic E-state index is 11.9. The molecule has 0 unspecified atom stereocenters. The van der Waals surface area contributed by atoms with E-state index in [4.69, 9.17) is 0 Å². The number of hydrogen-bond acceptors (Lipinski definition) is 3. The van der Waals surface area contributed by atoms with E-state index in [9.17, 15) is 13.2 Å². The van der Waals surface area contributed by atoms with Crippen molar-refractivity contribution in [2.75, 3.05) is 18.6 Å².